The summed E-state index contributed by atoms with van der Waals surface area (Å²) >= 11 is 1.30. The van der Waals surface area contributed by atoms with E-state index in [-0.39, 0.29) is 35.2 Å². The van der Waals surface area contributed by atoms with Crippen molar-refractivity contribution in [3.8, 4) is 21.9 Å². The molecule has 9 nitrogen and oxygen atoms in total. The summed E-state index contributed by atoms with van der Waals surface area (Å²) in [4.78, 5) is 34.7. The number of nitrogens with two attached hydrogens (primary N) is 1. The van der Waals surface area contributed by atoms with E-state index in [0.717, 1.165) is 18.4 Å². The first-order valence-electron chi connectivity index (χ1n) is 14.5. The molecular formula is C32H36FN5O4S. The van der Waals surface area contributed by atoms with E-state index in [2.05, 4.69) is 10.2 Å². The molecule has 0 aliphatic carbocycles. The molecular weight excluding hydrogens is 569 g/mol. The molecule has 43 heavy (non-hydrogen) atoms. The molecule has 0 spiro atoms. The smallest absolute Gasteiger partial charge is 0.264 e. The van der Waals surface area contributed by atoms with Crippen LogP contribution in [-0.2, 0) is 24.0 Å². The zero-order valence-electron chi connectivity index (χ0n) is 24.9. The quantitative estimate of drug-likeness (QED) is 0.248. The number of rotatable bonds is 10. The van der Waals surface area contributed by atoms with Crippen LogP contribution in [0.2, 0.25) is 0 Å². The number of primary amides is 1. The average molecular weight is 606 g/mol. The van der Waals surface area contributed by atoms with Crippen molar-refractivity contribution in [1.82, 2.24) is 20.1 Å². The van der Waals surface area contributed by atoms with Crippen LogP contribution in [0.1, 0.15) is 69.6 Å². The lowest BCUT2D eigenvalue weighted by Gasteiger charge is -2.31. The molecule has 1 fully saturated rings. The summed E-state index contributed by atoms with van der Waals surface area (Å²) in [6, 6.07) is 9.97. The molecule has 1 aromatic carbocycles. The number of halogens is 1. The highest BCUT2D eigenvalue weighted by Gasteiger charge is 2.30. The van der Waals surface area contributed by atoms with Gasteiger partial charge in [0.1, 0.15) is 5.82 Å². The van der Waals surface area contributed by atoms with Crippen molar-refractivity contribution in [3.63, 3.8) is 0 Å². The Bertz CT molecular complexity index is 1610. The Hall–Kier alpha value is -3.96. The van der Waals surface area contributed by atoms with Crippen LogP contribution in [0.25, 0.3) is 21.9 Å². The summed E-state index contributed by atoms with van der Waals surface area (Å²) in [5.41, 5.74) is 9.56. The number of ether oxygens (including phenoxy) is 1. The van der Waals surface area contributed by atoms with Crippen molar-refractivity contribution in [1.29, 1.82) is 0 Å². The van der Waals surface area contributed by atoms with Gasteiger partial charge in [-0.3, -0.25) is 14.6 Å². The van der Waals surface area contributed by atoms with E-state index in [4.69, 9.17) is 19.9 Å². The summed E-state index contributed by atoms with van der Waals surface area (Å²) in [5, 5.41) is 8.36. The fraction of sp³-hybridized carbons (Fsp3) is 0.406. The van der Waals surface area contributed by atoms with Gasteiger partial charge in [0.05, 0.1) is 33.5 Å². The molecule has 1 aliphatic rings. The standard InChI is InChI=1S/C32H36FN5O4S/c1-18(2)16-24-27(30(34)39)29(25-13-14-26(43-25)32(40)38-15-5-6-22(17-38)41-4)28(31-37-36-19(3)42-31)23(35-24)12-9-20-7-10-21(33)11-8-20/h7-8,10-11,13-14,18,22H,5-6,9,12,15-17H2,1-4H3,(H2,34,39)/t22-/m0/s1. The van der Waals surface area contributed by atoms with Crippen LogP contribution in [0.5, 0.6) is 0 Å². The fourth-order valence-electron chi connectivity index (χ4n) is 5.52. The maximum absolute atomic E-state index is 13.6. The highest BCUT2D eigenvalue weighted by molar-refractivity contribution is 7.17. The van der Waals surface area contributed by atoms with Crippen molar-refractivity contribution < 1.29 is 23.1 Å². The molecule has 3 aromatic heterocycles. The number of hydrogen-bond donors (Lipinski definition) is 1. The second kappa shape index (κ2) is 13.1. The number of amides is 2. The van der Waals surface area contributed by atoms with Gasteiger partial charge in [0.15, 0.2) is 0 Å². The van der Waals surface area contributed by atoms with Gasteiger partial charge in [0.25, 0.3) is 11.8 Å². The highest BCUT2D eigenvalue weighted by atomic mass is 32.1. The lowest BCUT2D eigenvalue weighted by atomic mass is 9.91. The molecule has 4 heterocycles. The molecule has 11 heteroatoms. The van der Waals surface area contributed by atoms with Crippen LogP contribution in [0.4, 0.5) is 4.39 Å². The van der Waals surface area contributed by atoms with Crippen LogP contribution >= 0.6 is 11.3 Å². The average Bonchev–Trinajstić information content (AvgIpc) is 3.65. The topological polar surface area (TPSA) is 124 Å². The summed E-state index contributed by atoms with van der Waals surface area (Å²) in [6.45, 7) is 6.98. The lowest BCUT2D eigenvalue weighted by Crippen LogP contribution is -2.42. The van der Waals surface area contributed by atoms with E-state index in [9.17, 15) is 14.0 Å². The monoisotopic (exact) mass is 605 g/mol. The van der Waals surface area contributed by atoms with Crippen LogP contribution in [0, 0.1) is 18.7 Å². The van der Waals surface area contributed by atoms with Gasteiger partial charge >= 0.3 is 0 Å². The third kappa shape index (κ3) is 6.83. The molecule has 226 valence electrons. The molecule has 0 bridgehead atoms. The van der Waals surface area contributed by atoms with Crippen molar-refractivity contribution in [2.75, 3.05) is 20.2 Å². The Morgan fingerprint density at radius 1 is 1.12 bits per heavy atom. The molecule has 2 amide bonds. The molecule has 5 rings (SSSR count). The molecule has 4 aromatic rings. The molecule has 1 saturated heterocycles. The number of aryl methyl sites for hydroxylation is 3. The summed E-state index contributed by atoms with van der Waals surface area (Å²) < 4.78 is 25.0. The number of hydrogen-bond acceptors (Lipinski definition) is 8. The molecule has 2 N–H and O–H groups in total. The molecule has 1 aliphatic heterocycles. The van der Waals surface area contributed by atoms with E-state index < -0.39 is 5.91 Å². The number of pyridine rings is 1. The van der Waals surface area contributed by atoms with E-state index in [1.807, 2.05) is 24.8 Å². The minimum atomic E-state index is -0.624. The maximum Gasteiger partial charge on any atom is 0.264 e. The predicted octanol–water partition coefficient (Wildman–Crippen LogP) is 5.64. The Morgan fingerprint density at radius 3 is 2.53 bits per heavy atom. The Balaban J connectivity index is 1.66. The number of aromatic nitrogens is 3. The van der Waals surface area contributed by atoms with Crippen molar-refractivity contribution in [3.05, 3.63) is 75.5 Å². The third-order valence-electron chi connectivity index (χ3n) is 7.56. The predicted molar refractivity (Wildman–Crippen MR) is 162 cm³/mol. The molecule has 1 atom stereocenters. The normalized spacial score (nSPS) is 15.3. The lowest BCUT2D eigenvalue weighted by molar-refractivity contribution is 0.0271. The fourth-order valence-corrected chi connectivity index (χ4v) is 6.55. The second-order valence-electron chi connectivity index (χ2n) is 11.3. The minimum absolute atomic E-state index is 0.00780. The van der Waals surface area contributed by atoms with Gasteiger partial charge in [-0.25, -0.2) is 4.39 Å². The van der Waals surface area contributed by atoms with Gasteiger partial charge in [0, 0.05) is 37.6 Å². The zero-order chi connectivity index (χ0) is 30.7. The van der Waals surface area contributed by atoms with Crippen LogP contribution in [0.3, 0.4) is 0 Å². The van der Waals surface area contributed by atoms with E-state index >= 15 is 0 Å². The Labute approximate surface area is 254 Å². The molecule has 0 saturated carbocycles. The largest absolute Gasteiger partial charge is 0.421 e. The van der Waals surface area contributed by atoms with Gasteiger partial charge in [-0.15, -0.1) is 21.5 Å². The minimum Gasteiger partial charge on any atom is -0.421 e. The van der Waals surface area contributed by atoms with Crippen LogP contribution in [0.15, 0.2) is 40.8 Å². The molecule has 0 unspecified atom stereocenters. The second-order valence-corrected chi connectivity index (χ2v) is 12.3. The van der Waals surface area contributed by atoms with Crippen LogP contribution in [-0.4, -0.2) is 58.2 Å². The van der Waals surface area contributed by atoms with Gasteiger partial charge in [-0.05, 0) is 67.9 Å². The number of carbonyl (C=O) groups is 2. The number of likely N-dealkylation sites (tertiary alicyclic amines) is 1. The maximum atomic E-state index is 13.6. The zero-order valence-corrected chi connectivity index (χ0v) is 25.7. The first kappa shape index (κ1) is 30.5. The first-order chi connectivity index (χ1) is 20.6. The van der Waals surface area contributed by atoms with Gasteiger partial charge < -0.3 is 19.8 Å². The number of benzene rings is 1. The van der Waals surface area contributed by atoms with Gasteiger partial charge in [-0.1, -0.05) is 26.0 Å². The highest BCUT2D eigenvalue weighted by Crippen LogP contribution is 2.42. The Morgan fingerprint density at radius 2 is 1.88 bits per heavy atom. The number of piperidine rings is 1. The SMILES string of the molecule is CO[C@H]1CCCN(C(=O)c2ccc(-c3c(C(N)=O)c(CC(C)C)nc(CCc4ccc(F)cc4)c3-c3nnc(C)o3)s2)C1. The van der Waals surface area contributed by atoms with Gasteiger partial charge in [-0.2, -0.15) is 0 Å². The third-order valence-corrected chi connectivity index (χ3v) is 8.65. The summed E-state index contributed by atoms with van der Waals surface area (Å²) in [6.07, 6.45) is 3.34. The summed E-state index contributed by atoms with van der Waals surface area (Å²) in [7, 11) is 1.67. The number of methoxy groups -OCH3 is 1. The van der Waals surface area contributed by atoms with E-state index in [1.54, 1.807) is 32.2 Å². The van der Waals surface area contributed by atoms with Crippen molar-refractivity contribution in [2.45, 2.75) is 59.0 Å². The first-order valence-corrected chi connectivity index (χ1v) is 15.3. The van der Waals surface area contributed by atoms with Crippen LogP contribution < -0.4 is 5.73 Å². The summed E-state index contributed by atoms with van der Waals surface area (Å²) in [5.74, 6) is -0.248. The number of carbonyl (C=O) groups excluding carboxylic acids is 2. The van der Waals surface area contributed by atoms with Crippen molar-refractivity contribution in [2.24, 2.45) is 11.7 Å². The van der Waals surface area contributed by atoms with E-state index in [1.165, 1.54) is 23.5 Å². The Kier molecular flexibility index (Phi) is 9.31. The van der Waals surface area contributed by atoms with Gasteiger partial charge in [0.2, 0.25) is 11.8 Å². The van der Waals surface area contributed by atoms with E-state index in [0.29, 0.717) is 70.5 Å². The number of nitrogens with zero attached hydrogens (tertiary/aromatic N) is 4. The molecule has 0 radical (unpaired) electrons. The van der Waals surface area contributed by atoms with Crippen molar-refractivity contribution >= 4 is 23.2 Å². The number of thiophene rings is 1.